The van der Waals surface area contributed by atoms with Crippen LogP contribution in [0.5, 0.6) is 11.5 Å². The fourth-order valence-corrected chi connectivity index (χ4v) is 1.72. The van der Waals surface area contributed by atoms with E-state index in [1.807, 2.05) is 0 Å². The summed E-state index contributed by atoms with van der Waals surface area (Å²) in [7, 11) is 1.79. The van der Waals surface area contributed by atoms with Gasteiger partial charge in [-0.3, -0.25) is 4.98 Å². The second-order valence-electron chi connectivity index (χ2n) is 3.72. The molecule has 0 radical (unpaired) electrons. The fourth-order valence-electron chi connectivity index (χ4n) is 1.55. The van der Waals surface area contributed by atoms with E-state index in [0.717, 1.165) is 5.56 Å². The maximum absolute atomic E-state index is 13.2. The minimum atomic E-state index is -0.295. The molecule has 0 spiro atoms. The van der Waals surface area contributed by atoms with Gasteiger partial charge in [0.15, 0.2) is 0 Å². The molecule has 1 aromatic carbocycles. The SMILES string of the molecule is CNCc1cc(F)ccc1Oc1cncc(Cl)c1. The Hall–Kier alpha value is -1.65. The summed E-state index contributed by atoms with van der Waals surface area (Å²) in [6.07, 6.45) is 3.08. The van der Waals surface area contributed by atoms with Crippen LogP contribution in [0, 0.1) is 5.82 Å². The molecule has 3 nitrogen and oxygen atoms in total. The van der Waals surface area contributed by atoms with Gasteiger partial charge in [-0.05, 0) is 25.2 Å². The zero-order chi connectivity index (χ0) is 13.0. The van der Waals surface area contributed by atoms with E-state index in [9.17, 15) is 4.39 Å². The van der Waals surface area contributed by atoms with Crippen molar-refractivity contribution in [1.29, 1.82) is 0 Å². The lowest BCUT2D eigenvalue weighted by atomic mass is 10.2. The van der Waals surface area contributed by atoms with Gasteiger partial charge >= 0.3 is 0 Å². The summed E-state index contributed by atoms with van der Waals surface area (Å²) >= 11 is 5.82. The van der Waals surface area contributed by atoms with Crippen LogP contribution in [0.2, 0.25) is 5.02 Å². The van der Waals surface area contributed by atoms with Crippen molar-refractivity contribution in [3.63, 3.8) is 0 Å². The van der Waals surface area contributed by atoms with Gasteiger partial charge in [-0.1, -0.05) is 11.6 Å². The van der Waals surface area contributed by atoms with E-state index in [1.165, 1.54) is 18.3 Å². The lowest BCUT2D eigenvalue weighted by molar-refractivity contribution is 0.469. The Morgan fingerprint density at radius 1 is 1.33 bits per heavy atom. The Balaban J connectivity index is 2.28. The summed E-state index contributed by atoms with van der Waals surface area (Å²) in [5.74, 6) is 0.804. The van der Waals surface area contributed by atoms with Gasteiger partial charge in [0.1, 0.15) is 17.3 Å². The van der Waals surface area contributed by atoms with Crippen molar-refractivity contribution in [1.82, 2.24) is 10.3 Å². The van der Waals surface area contributed by atoms with E-state index in [1.54, 1.807) is 25.4 Å². The van der Waals surface area contributed by atoms with Crippen molar-refractivity contribution >= 4 is 11.6 Å². The van der Waals surface area contributed by atoms with Crippen LogP contribution in [0.3, 0.4) is 0 Å². The summed E-state index contributed by atoms with van der Waals surface area (Å²) < 4.78 is 18.8. The molecule has 0 saturated heterocycles. The van der Waals surface area contributed by atoms with Gasteiger partial charge in [0.05, 0.1) is 11.2 Å². The van der Waals surface area contributed by atoms with Gasteiger partial charge in [0.2, 0.25) is 0 Å². The van der Waals surface area contributed by atoms with Gasteiger partial charge in [-0.15, -0.1) is 0 Å². The molecule has 0 unspecified atom stereocenters. The number of hydrogen-bond acceptors (Lipinski definition) is 3. The molecule has 18 heavy (non-hydrogen) atoms. The first kappa shape index (κ1) is 12.8. The van der Waals surface area contributed by atoms with Crippen LogP contribution in [0.25, 0.3) is 0 Å². The molecular weight excluding hydrogens is 255 g/mol. The summed E-state index contributed by atoms with van der Waals surface area (Å²) in [5, 5.41) is 3.45. The highest BCUT2D eigenvalue weighted by Gasteiger charge is 2.06. The lowest BCUT2D eigenvalue weighted by Gasteiger charge is -2.11. The van der Waals surface area contributed by atoms with E-state index in [2.05, 4.69) is 10.3 Å². The standard InChI is InChI=1S/C13H12ClFN2O/c1-16-6-9-4-11(15)2-3-13(9)18-12-5-10(14)7-17-8-12/h2-5,7-8,16H,6H2,1H3. The third kappa shape index (κ3) is 3.18. The Morgan fingerprint density at radius 3 is 2.89 bits per heavy atom. The molecule has 2 rings (SSSR count). The van der Waals surface area contributed by atoms with E-state index in [4.69, 9.17) is 16.3 Å². The van der Waals surface area contributed by atoms with Gasteiger partial charge in [-0.2, -0.15) is 0 Å². The molecule has 0 bridgehead atoms. The molecule has 0 saturated carbocycles. The lowest BCUT2D eigenvalue weighted by Crippen LogP contribution is -2.06. The van der Waals surface area contributed by atoms with Gasteiger partial charge in [-0.25, -0.2) is 4.39 Å². The molecular formula is C13H12ClFN2O. The second-order valence-corrected chi connectivity index (χ2v) is 4.16. The van der Waals surface area contributed by atoms with Crippen LogP contribution < -0.4 is 10.1 Å². The molecule has 94 valence electrons. The van der Waals surface area contributed by atoms with Crippen molar-refractivity contribution in [3.05, 3.63) is 53.1 Å². The molecule has 0 amide bonds. The maximum atomic E-state index is 13.2. The van der Waals surface area contributed by atoms with Gasteiger partial charge in [0.25, 0.3) is 0 Å². The van der Waals surface area contributed by atoms with Crippen LogP contribution >= 0.6 is 11.6 Å². The Kier molecular flexibility index (Phi) is 4.12. The second kappa shape index (κ2) is 5.80. The predicted molar refractivity (Wildman–Crippen MR) is 68.5 cm³/mol. The highest BCUT2D eigenvalue weighted by atomic mass is 35.5. The van der Waals surface area contributed by atoms with E-state index >= 15 is 0 Å². The van der Waals surface area contributed by atoms with E-state index in [0.29, 0.717) is 23.1 Å². The van der Waals surface area contributed by atoms with Crippen LogP contribution in [0.15, 0.2) is 36.7 Å². The Morgan fingerprint density at radius 2 is 2.17 bits per heavy atom. The quantitative estimate of drug-likeness (QED) is 0.921. The maximum Gasteiger partial charge on any atom is 0.147 e. The predicted octanol–water partition coefficient (Wildman–Crippen LogP) is 3.39. The van der Waals surface area contributed by atoms with Crippen LogP contribution in [-0.4, -0.2) is 12.0 Å². The molecule has 1 N–H and O–H groups in total. The number of ether oxygens (including phenoxy) is 1. The largest absolute Gasteiger partial charge is 0.455 e. The van der Waals surface area contributed by atoms with Crippen molar-refractivity contribution in [2.45, 2.75) is 6.54 Å². The minimum absolute atomic E-state index is 0.295. The molecule has 1 aromatic heterocycles. The number of aromatic nitrogens is 1. The number of hydrogen-bond donors (Lipinski definition) is 1. The molecule has 0 aliphatic rings. The monoisotopic (exact) mass is 266 g/mol. The number of nitrogens with one attached hydrogen (secondary N) is 1. The average molecular weight is 267 g/mol. The van der Waals surface area contributed by atoms with Gasteiger partial charge < -0.3 is 10.1 Å². The first-order valence-electron chi connectivity index (χ1n) is 5.40. The van der Waals surface area contributed by atoms with Crippen LogP contribution in [0.1, 0.15) is 5.56 Å². The van der Waals surface area contributed by atoms with E-state index < -0.39 is 0 Å². The third-order valence-corrected chi connectivity index (χ3v) is 2.50. The average Bonchev–Trinajstić information content (AvgIpc) is 2.33. The third-order valence-electron chi connectivity index (χ3n) is 2.30. The molecule has 2 aromatic rings. The van der Waals surface area contributed by atoms with Crippen molar-refractivity contribution in [2.24, 2.45) is 0 Å². The van der Waals surface area contributed by atoms with Crippen molar-refractivity contribution in [3.8, 4) is 11.5 Å². The highest BCUT2D eigenvalue weighted by Crippen LogP contribution is 2.27. The van der Waals surface area contributed by atoms with Crippen LogP contribution in [0.4, 0.5) is 4.39 Å². The molecule has 0 atom stereocenters. The number of nitrogens with zero attached hydrogens (tertiary/aromatic N) is 1. The van der Waals surface area contributed by atoms with Gasteiger partial charge in [0, 0.05) is 24.4 Å². The number of pyridine rings is 1. The highest BCUT2D eigenvalue weighted by molar-refractivity contribution is 6.30. The zero-order valence-corrected chi connectivity index (χ0v) is 10.5. The van der Waals surface area contributed by atoms with E-state index in [-0.39, 0.29) is 5.82 Å². The summed E-state index contributed by atoms with van der Waals surface area (Å²) in [4.78, 5) is 3.93. The smallest absolute Gasteiger partial charge is 0.147 e. The summed E-state index contributed by atoms with van der Waals surface area (Å²) in [6, 6.07) is 6.03. The molecule has 1 heterocycles. The number of rotatable bonds is 4. The van der Waals surface area contributed by atoms with Crippen molar-refractivity contribution in [2.75, 3.05) is 7.05 Å². The minimum Gasteiger partial charge on any atom is -0.455 e. The topological polar surface area (TPSA) is 34.1 Å². The van der Waals surface area contributed by atoms with Crippen LogP contribution in [-0.2, 0) is 6.54 Å². The molecule has 0 aliphatic carbocycles. The summed E-state index contributed by atoms with van der Waals surface area (Å²) in [5.41, 5.74) is 0.734. The first-order chi connectivity index (χ1) is 8.69. The molecule has 5 heteroatoms. The Bertz CT molecular complexity index is 548. The van der Waals surface area contributed by atoms with Crippen molar-refractivity contribution < 1.29 is 9.13 Å². The summed E-state index contributed by atoms with van der Waals surface area (Å²) in [6.45, 7) is 0.515. The zero-order valence-electron chi connectivity index (χ0n) is 9.78. The Labute approximate surface area is 110 Å². The normalized spacial score (nSPS) is 10.4. The fraction of sp³-hybridized carbons (Fsp3) is 0.154. The molecule has 0 fully saturated rings. The first-order valence-corrected chi connectivity index (χ1v) is 5.78. The number of halogens is 2. The molecule has 0 aliphatic heterocycles. The number of benzene rings is 1.